The van der Waals surface area contributed by atoms with Gasteiger partial charge in [0.25, 0.3) is 0 Å². The van der Waals surface area contributed by atoms with E-state index in [0.717, 1.165) is 16.3 Å². The standard InChI is InChI=1S/C22H15Cl2NO3/c1-13-18(22(26)28-25-13)9-14-10-19(23)21(20(24)11-14)27-12-16-7-4-6-15-5-2-3-8-17(15)16/h2-11H,12H2,1H3/b18-9-. The first-order valence-corrected chi connectivity index (χ1v) is 9.35. The zero-order valence-electron chi connectivity index (χ0n) is 14.9. The maximum absolute atomic E-state index is 11.7. The summed E-state index contributed by atoms with van der Waals surface area (Å²) in [5.74, 6) is -0.0983. The van der Waals surface area contributed by atoms with Gasteiger partial charge in [0, 0.05) is 0 Å². The summed E-state index contributed by atoms with van der Waals surface area (Å²) < 4.78 is 5.93. The number of fused-ring (bicyclic) bond motifs is 1. The highest BCUT2D eigenvalue weighted by Gasteiger charge is 2.22. The lowest BCUT2D eigenvalue weighted by Crippen LogP contribution is -2.02. The van der Waals surface area contributed by atoms with Crippen LogP contribution in [0.5, 0.6) is 5.75 Å². The molecule has 0 aromatic heterocycles. The highest BCUT2D eigenvalue weighted by Crippen LogP contribution is 2.36. The van der Waals surface area contributed by atoms with Crippen LogP contribution in [0.15, 0.2) is 65.3 Å². The Labute approximate surface area is 172 Å². The van der Waals surface area contributed by atoms with E-state index in [-0.39, 0.29) is 0 Å². The van der Waals surface area contributed by atoms with Gasteiger partial charge in [0.2, 0.25) is 0 Å². The van der Waals surface area contributed by atoms with Crippen LogP contribution >= 0.6 is 23.2 Å². The second-order valence-electron chi connectivity index (χ2n) is 6.35. The molecule has 0 bridgehead atoms. The molecule has 1 heterocycles. The summed E-state index contributed by atoms with van der Waals surface area (Å²) in [6.45, 7) is 2.03. The predicted octanol–water partition coefficient (Wildman–Crippen LogP) is 6.04. The molecule has 0 amide bonds. The number of nitrogens with zero attached hydrogens (tertiary/aromatic N) is 1. The lowest BCUT2D eigenvalue weighted by molar-refractivity contribution is -0.136. The van der Waals surface area contributed by atoms with Crippen molar-refractivity contribution in [3.8, 4) is 5.75 Å². The zero-order valence-corrected chi connectivity index (χ0v) is 16.4. The molecule has 0 aliphatic carbocycles. The molecule has 0 saturated carbocycles. The van der Waals surface area contributed by atoms with E-state index in [9.17, 15) is 4.79 Å². The van der Waals surface area contributed by atoms with Crippen molar-refractivity contribution < 1.29 is 14.4 Å². The van der Waals surface area contributed by atoms with Gasteiger partial charge in [0.1, 0.15) is 6.61 Å². The number of ether oxygens (including phenoxy) is 1. The van der Waals surface area contributed by atoms with Crippen molar-refractivity contribution >= 4 is 51.7 Å². The summed E-state index contributed by atoms with van der Waals surface area (Å²) in [4.78, 5) is 16.3. The molecule has 1 aliphatic rings. The van der Waals surface area contributed by atoms with Crippen molar-refractivity contribution in [2.75, 3.05) is 0 Å². The Morgan fingerprint density at radius 2 is 1.79 bits per heavy atom. The molecule has 140 valence electrons. The highest BCUT2D eigenvalue weighted by atomic mass is 35.5. The number of rotatable bonds is 4. The van der Waals surface area contributed by atoms with Gasteiger partial charge >= 0.3 is 5.97 Å². The fourth-order valence-electron chi connectivity index (χ4n) is 3.05. The van der Waals surface area contributed by atoms with Crippen LogP contribution in [-0.4, -0.2) is 11.7 Å². The van der Waals surface area contributed by atoms with Gasteiger partial charge in [-0.3, -0.25) is 0 Å². The van der Waals surface area contributed by atoms with Gasteiger partial charge in [-0.25, -0.2) is 4.79 Å². The van der Waals surface area contributed by atoms with E-state index in [0.29, 0.717) is 39.2 Å². The third kappa shape index (κ3) is 3.61. The van der Waals surface area contributed by atoms with Gasteiger partial charge in [-0.1, -0.05) is 70.8 Å². The van der Waals surface area contributed by atoms with Crippen LogP contribution in [-0.2, 0) is 16.2 Å². The lowest BCUT2D eigenvalue weighted by Gasteiger charge is -2.12. The first-order chi connectivity index (χ1) is 13.5. The van der Waals surface area contributed by atoms with E-state index < -0.39 is 5.97 Å². The number of hydrogen-bond donors (Lipinski definition) is 0. The summed E-state index contributed by atoms with van der Waals surface area (Å²) in [5.41, 5.74) is 2.58. The Morgan fingerprint density at radius 3 is 2.50 bits per heavy atom. The number of oxime groups is 1. The molecule has 0 N–H and O–H groups in total. The van der Waals surface area contributed by atoms with Crippen molar-refractivity contribution in [2.24, 2.45) is 5.16 Å². The average molecular weight is 412 g/mol. The summed E-state index contributed by atoms with van der Waals surface area (Å²) in [7, 11) is 0. The maximum atomic E-state index is 11.7. The molecule has 3 aromatic rings. The van der Waals surface area contributed by atoms with Gasteiger partial charge < -0.3 is 9.57 Å². The minimum Gasteiger partial charge on any atom is -0.486 e. The van der Waals surface area contributed by atoms with E-state index in [2.05, 4.69) is 28.2 Å². The molecule has 0 unspecified atom stereocenters. The third-order valence-electron chi connectivity index (χ3n) is 4.46. The Bertz CT molecular complexity index is 1120. The van der Waals surface area contributed by atoms with Gasteiger partial charge in [-0.15, -0.1) is 0 Å². The quantitative estimate of drug-likeness (QED) is 0.388. The molecule has 0 saturated heterocycles. The number of carbonyl (C=O) groups excluding carboxylic acids is 1. The van der Waals surface area contributed by atoms with Gasteiger partial charge in [-0.05, 0) is 47.0 Å². The van der Waals surface area contributed by atoms with Crippen LogP contribution in [0.2, 0.25) is 10.0 Å². The molecule has 0 spiro atoms. The smallest absolute Gasteiger partial charge is 0.367 e. The average Bonchev–Trinajstić information content (AvgIpc) is 2.99. The minimum atomic E-state index is -0.499. The second-order valence-corrected chi connectivity index (χ2v) is 7.17. The van der Waals surface area contributed by atoms with Gasteiger partial charge in [0.15, 0.2) is 5.75 Å². The van der Waals surface area contributed by atoms with Crippen LogP contribution < -0.4 is 4.74 Å². The molecule has 0 fully saturated rings. The van der Waals surface area contributed by atoms with E-state index in [4.69, 9.17) is 27.9 Å². The maximum Gasteiger partial charge on any atom is 0.367 e. The molecule has 4 rings (SSSR count). The fraction of sp³-hybridized carbons (Fsp3) is 0.0909. The van der Waals surface area contributed by atoms with E-state index >= 15 is 0 Å². The van der Waals surface area contributed by atoms with Crippen molar-refractivity contribution in [3.63, 3.8) is 0 Å². The van der Waals surface area contributed by atoms with Crippen molar-refractivity contribution in [1.29, 1.82) is 0 Å². The number of hydrogen-bond acceptors (Lipinski definition) is 4. The van der Waals surface area contributed by atoms with Crippen molar-refractivity contribution in [3.05, 3.63) is 81.3 Å². The number of benzene rings is 3. The number of carbonyl (C=O) groups is 1. The van der Waals surface area contributed by atoms with Crippen LogP contribution in [0.1, 0.15) is 18.1 Å². The lowest BCUT2D eigenvalue weighted by atomic mass is 10.1. The Kier molecular flexibility index (Phi) is 5.07. The summed E-state index contributed by atoms with van der Waals surface area (Å²) in [6, 6.07) is 17.5. The van der Waals surface area contributed by atoms with Crippen molar-refractivity contribution in [1.82, 2.24) is 0 Å². The first kappa shape index (κ1) is 18.5. The molecule has 0 atom stereocenters. The number of halogens is 2. The molecule has 28 heavy (non-hydrogen) atoms. The Hall–Kier alpha value is -2.82. The highest BCUT2D eigenvalue weighted by molar-refractivity contribution is 6.37. The summed E-state index contributed by atoms with van der Waals surface area (Å²) >= 11 is 12.8. The molecule has 1 aliphatic heterocycles. The molecular weight excluding hydrogens is 397 g/mol. The SMILES string of the molecule is CC1=NOC(=O)/C1=C\c1cc(Cl)c(OCc2cccc3ccccc23)c(Cl)c1. The first-order valence-electron chi connectivity index (χ1n) is 8.59. The second kappa shape index (κ2) is 7.66. The third-order valence-corrected chi connectivity index (χ3v) is 5.02. The minimum absolute atomic E-state index is 0.333. The fourth-order valence-corrected chi connectivity index (χ4v) is 3.67. The van der Waals surface area contributed by atoms with E-state index in [1.807, 2.05) is 24.3 Å². The molecule has 3 aromatic carbocycles. The molecule has 4 nitrogen and oxygen atoms in total. The molecule has 0 radical (unpaired) electrons. The normalized spacial score (nSPS) is 15.0. The molecule has 6 heteroatoms. The monoisotopic (exact) mass is 411 g/mol. The topological polar surface area (TPSA) is 47.9 Å². The van der Waals surface area contributed by atoms with Crippen LogP contribution in [0.3, 0.4) is 0 Å². The van der Waals surface area contributed by atoms with Crippen LogP contribution in [0.25, 0.3) is 16.8 Å². The largest absolute Gasteiger partial charge is 0.486 e. The Morgan fingerprint density at radius 1 is 1.07 bits per heavy atom. The summed E-state index contributed by atoms with van der Waals surface area (Å²) in [6.07, 6.45) is 1.64. The van der Waals surface area contributed by atoms with E-state index in [1.54, 1.807) is 25.1 Å². The zero-order chi connectivity index (χ0) is 19.7. The van der Waals surface area contributed by atoms with E-state index in [1.165, 1.54) is 0 Å². The Balaban J connectivity index is 1.60. The van der Waals surface area contributed by atoms with Crippen LogP contribution in [0.4, 0.5) is 0 Å². The molecular formula is C22H15Cl2NO3. The predicted molar refractivity (Wildman–Crippen MR) is 112 cm³/mol. The van der Waals surface area contributed by atoms with Gasteiger partial charge in [-0.2, -0.15) is 0 Å². The summed E-state index contributed by atoms with van der Waals surface area (Å²) in [5, 5.41) is 6.64. The van der Waals surface area contributed by atoms with Crippen molar-refractivity contribution in [2.45, 2.75) is 13.5 Å². The van der Waals surface area contributed by atoms with Gasteiger partial charge in [0.05, 0.1) is 21.3 Å². The van der Waals surface area contributed by atoms with Crippen LogP contribution in [0, 0.1) is 0 Å².